The van der Waals surface area contributed by atoms with Gasteiger partial charge in [-0.3, -0.25) is 4.79 Å². The summed E-state index contributed by atoms with van der Waals surface area (Å²) in [5.41, 5.74) is 1.67. The standard InChI is InChI=1S/C13H15N3OS/c1-14-11-4-2-10(3-5-11)13(17)16-7-6-12-15-8-9-18-12/h2-5,8-9,14H,6-7H2,1H3,(H,16,17). The van der Waals surface area contributed by atoms with Gasteiger partial charge in [0.2, 0.25) is 0 Å². The van der Waals surface area contributed by atoms with Crippen molar-refractivity contribution in [2.45, 2.75) is 6.42 Å². The molecule has 0 aliphatic carbocycles. The number of nitrogens with one attached hydrogen (secondary N) is 2. The third kappa shape index (κ3) is 3.30. The summed E-state index contributed by atoms with van der Waals surface area (Å²) < 4.78 is 0. The summed E-state index contributed by atoms with van der Waals surface area (Å²) in [6.45, 7) is 0.611. The van der Waals surface area contributed by atoms with Crippen LogP contribution < -0.4 is 10.6 Å². The molecule has 0 saturated heterocycles. The molecule has 4 nitrogen and oxygen atoms in total. The molecule has 0 atom stereocenters. The van der Waals surface area contributed by atoms with Gasteiger partial charge in [0, 0.05) is 42.8 Å². The molecular weight excluding hydrogens is 246 g/mol. The lowest BCUT2D eigenvalue weighted by Crippen LogP contribution is -2.25. The van der Waals surface area contributed by atoms with Crippen molar-refractivity contribution in [1.29, 1.82) is 0 Å². The maximum atomic E-state index is 11.8. The molecule has 2 N–H and O–H groups in total. The molecule has 18 heavy (non-hydrogen) atoms. The number of thiazole rings is 1. The van der Waals surface area contributed by atoms with Crippen LogP contribution in [0.15, 0.2) is 35.8 Å². The molecular formula is C13H15N3OS. The van der Waals surface area contributed by atoms with Crippen LogP contribution in [0.1, 0.15) is 15.4 Å². The number of hydrogen-bond donors (Lipinski definition) is 2. The number of nitrogens with zero attached hydrogens (tertiary/aromatic N) is 1. The molecule has 0 fully saturated rings. The number of carbonyl (C=O) groups excluding carboxylic acids is 1. The number of hydrogen-bond acceptors (Lipinski definition) is 4. The van der Waals surface area contributed by atoms with Crippen molar-refractivity contribution < 1.29 is 4.79 Å². The summed E-state index contributed by atoms with van der Waals surface area (Å²) in [5, 5.41) is 8.88. The van der Waals surface area contributed by atoms with Crippen molar-refractivity contribution in [2.75, 3.05) is 18.9 Å². The van der Waals surface area contributed by atoms with E-state index in [0.717, 1.165) is 17.1 Å². The van der Waals surface area contributed by atoms with Gasteiger partial charge in [-0.1, -0.05) is 0 Å². The van der Waals surface area contributed by atoms with Gasteiger partial charge in [0.25, 0.3) is 5.91 Å². The van der Waals surface area contributed by atoms with Gasteiger partial charge in [-0.2, -0.15) is 0 Å². The largest absolute Gasteiger partial charge is 0.388 e. The van der Waals surface area contributed by atoms with Crippen molar-refractivity contribution in [2.24, 2.45) is 0 Å². The molecule has 0 aliphatic heterocycles. The third-order valence-electron chi connectivity index (χ3n) is 2.54. The molecule has 1 aromatic heterocycles. The Hall–Kier alpha value is -1.88. The molecule has 0 unspecified atom stereocenters. The van der Waals surface area contributed by atoms with Crippen molar-refractivity contribution >= 4 is 22.9 Å². The fourth-order valence-electron chi connectivity index (χ4n) is 1.55. The van der Waals surface area contributed by atoms with E-state index in [0.29, 0.717) is 12.1 Å². The minimum atomic E-state index is -0.0470. The topological polar surface area (TPSA) is 54.0 Å². The van der Waals surface area contributed by atoms with E-state index in [9.17, 15) is 4.79 Å². The predicted molar refractivity (Wildman–Crippen MR) is 74.1 cm³/mol. The second kappa shape index (κ2) is 6.16. The van der Waals surface area contributed by atoms with Crippen LogP contribution in [0, 0.1) is 0 Å². The Morgan fingerprint density at radius 1 is 1.33 bits per heavy atom. The van der Waals surface area contributed by atoms with Crippen molar-refractivity contribution in [3.8, 4) is 0 Å². The number of aromatic nitrogens is 1. The zero-order valence-corrected chi connectivity index (χ0v) is 11.0. The number of benzene rings is 1. The van der Waals surface area contributed by atoms with Crippen molar-refractivity contribution in [3.05, 3.63) is 46.4 Å². The Morgan fingerprint density at radius 2 is 2.11 bits per heavy atom. The molecule has 0 aliphatic rings. The SMILES string of the molecule is CNc1ccc(C(=O)NCCc2nccs2)cc1. The lowest BCUT2D eigenvalue weighted by atomic mass is 10.2. The average molecular weight is 261 g/mol. The van der Waals surface area contributed by atoms with E-state index < -0.39 is 0 Å². The minimum absolute atomic E-state index is 0.0470. The lowest BCUT2D eigenvalue weighted by Gasteiger charge is -2.05. The highest BCUT2D eigenvalue weighted by molar-refractivity contribution is 7.09. The van der Waals surface area contributed by atoms with Crippen LogP contribution in [0.25, 0.3) is 0 Å². The van der Waals surface area contributed by atoms with Crippen LogP contribution in [0.2, 0.25) is 0 Å². The van der Waals surface area contributed by atoms with E-state index in [2.05, 4.69) is 15.6 Å². The summed E-state index contributed by atoms with van der Waals surface area (Å²) in [6.07, 6.45) is 2.55. The first-order valence-corrected chi connectivity index (χ1v) is 6.62. The normalized spacial score (nSPS) is 10.1. The summed E-state index contributed by atoms with van der Waals surface area (Å²) in [6, 6.07) is 7.39. The highest BCUT2D eigenvalue weighted by Gasteiger charge is 2.04. The molecule has 94 valence electrons. The van der Waals surface area contributed by atoms with E-state index in [4.69, 9.17) is 0 Å². The Morgan fingerprint density at radius 3 is 2.72 bits per heavy atom. The Kier molecular flexibility index (Phi) is 4.30. The van der Waals surface area contributed by atoms with E-state index in [1.54, 1.807) is 17.5 Å². The van der Waals surface area contributed by atoms with Crippen LogP contribution in [0.4, 0.5) is 5.69 Å². The highest BCUT2D eigenvalue weighted by Crippen LogP contribution is 2.08. The molecule has 1 amide bonds. The number of amides is 1. The maximum absolute atomic E-state index is 11.8. The molecule has 1 aromatic carbocycles. The average Bonchev–Trinajstić information content (AvgIpc) is 2.92. The van der Waals surface area contributed by atoms with Gasteiger partial charge in [0.15, 0.2) is 0 Å². The molecule has 0 saturated carbocycles. The van der Waals surface area contributed by atoms with Crippen LogP contribution in [-0.4, -0.2) is 24.5 Å². The van der Waals surface area contributed by atoms with Crippen molar-refractivity contribution in [3.63, 3.8) is 0 Å². The zero-order valence-electron chi connectivity index (χ0n) is 10.1. The molecule has 0 bridgehead atoms. The van der Waals surface area contributed by atoms with Gasteiger partial charge in [0.1, 0.15) is 0 Å². The second-order valence-electron chi connectivity index (χ2n) is 3.76. The summed E-state index contributed by atoms with van der Waals surface area (Å²) >= 11 is 1.60. The first kappa shape index (κ1) is 12.6. The second-order valence-corrected chi connectivity index (χ2v) is 4.74. The van der Waals surface area contributed by atoms with Gasteiger partial charge in [-0.25, -0.2) is 4.98 Å². The van der Waals surface area contributed by atoms with Crippen molar-refractivity contribution in [1.82, 2.24) is 10.3 Å². The Bertz CT molecular complexity index is 493. The lowest BCUT2D eigenvalue weighted by molar-refractivity contribution is 0.0954. The summed E-state index contributed by atoms with van der Waals surface area (Å²) in [7, 11) is 1.85. The third-order valence-corrected chi connectivity index (χ3v) is 3.38. The van der Waals surface area contributed by atoms with Gasteiger partial charge in [-0.05, 0) is 24.3 Å². The van der Waals surface area contributed by atoms with E-state index in [1.807, 2.05) is 36.7 Å². The van der Waals surface area contributed by atoms with E-state index in [1.165, 1.54) is 0 Å². The minimum Gasteiger partial charge on any atom is -0.388 e. The summed E-state index contributed by atoms with van der Waals surface area (Å²) in [4.78, 5) is 16.0. The molecule has 1 heterocycles. The Balaban J connectivity index is 1.83. The zero-order chi connectivity index (χ0) is 12.8. The number of rotatable bonds is 5. The Labute approximate surface area is 110 Å². The predicted octanol–water partition coefficient (Wildman–Crippen LogP) is 2.16. The number of anilines is 1. The molecule has 0 spiro atoms. The maximum Gasteiger partial charge on any atom is 0.251 e. The molecule has 2 rings (SSSR count). The fourth-order valence-corrected chi connectivity index (χ4v) is 2.17. The van der Waals surface area contributed by atoms with Crippen LogP contribution >= 0.6 is 11.3 Å². The highest BCUT2D eigenvalue weighted by atomic mass is 32.1. The molecule has 2 aromatic rings. The van der Waals surface area contributed by atoms with E-state index >= 15 is 0 Å². The van der Waals surface area contributed by atoms with Gasteiger partial charge in [0.05, 0.1) is 5.01 Å². The molecule has 0 radical (unpaired) electrons. The number of carbonyl (C=O) groups is 1. The quantitative estimate of drug-likeness (QED) is 0.867. The van der Waals surface area contributed by atoms with Gasteiger partial charge >= 0.3 is 0 Å². The van der Waals surface area contributed by atoms with Crippen LogP contribution in [-0.2, 0) is 6.42 Å². The monoisotopic (exact) mass is 261 g/mol. The van der Waals surface area contributed by atoms with Crippen LogP contribution in [0.5, 0.6) is 0 Å². The van der Waals surface area contributed by atoms with Gasteiger partial charge < -0.3 is 10.6 Å². The fraction of sp³-hybridized carbons (Fsp3) is 0.231. The smallest absolute Gasteiger partial charge is 0.251 e. The van der Waals surface area contributed by atoms with Gasteiger partial charge in [-0.15, -0.1) is 11.3 Å². The molecule has 5 heteroatoms. The first-order chi connectivity index (χ1) is 8.79. The van der Waals surface area contributed by atoms with E-state index in [-0.39, 0.29) is 5.91 Å². The summed E-state index contributed by atoms with van der Waals surface area (Å²) in [5.74, 6) is -0.0470. The van der Waals surface area contributed by atoms with Crippen LogP contribution in [0.3, 0.4) is 0 Å². The first-order valence-electron chi connectivity index (χ1n) is 5.74.